The van der Waals surface area contributed by atoms with Crippen molar-refractivity contribution in [3.05, 3.63) is 40.8 Å². The van der Waals surface area contributed by atoms with Gasteiger partial charge in [-0.05, 0) is 18.2 Å². The van der Waals surface area contributed by atoms with Crippen molar-refractivity contribution in [1.29, 1.82) is 0 Å². The minimum absolute atomic E-state index is 0.118. The van der Waals surface area contributed by atoms with Crippen molar-refractivity contribution in [3.8, 4) is 0 Å². The molecule has 0 bridgehead atoms. The fraction of sp³-hybridized carbons (Fsp3) is 0.0909. The van der Waals surface area contributed by atoms with Gasteiger partial charge in [-0.2, -0.15) is 13.5 Å². The quantitative estimate of drug-likeness (QED) is 0.887. The maximum Gasteiger partial charge on any atom is 0.335 e. The lowest BCUT2D eigenvalue weighted by molar-refractivity contribution is 0.0696. The third-order valence-corrected chi connectivity index (χ3v) is 4.43. The van der Waals surface area contributed by atoms with Crippen LogP contribution in [0.5, 0.6) is 0 Å². The number of aromatic carboxylic acids is 1. The molecule has 0 aliphatic carbocycles. The molecule has 0 saturated heterocycles. The van der Waals surface area contributed by atoms with E-state index in [-0.39, 0.29) is 15.6 Å². The standard InChI is InChI=1S/C11H9ClFN3O4S/c1-16-10(7(12)5-14-16)21(19,20)15-9-3-2-6(11(17)18)4-8(9)13/h2-5,15H,1H3,(H,17,18). The van der Waals surface area contributed by atoms with Crippen molar-refractivity contribution in [3.63, 3.8) is 0 Å². The summed E-state index contributed by atoms with van der Waals surface area (Å²) < 4.78 is 41.0. The second-order valence-electron chi connectivity index (χ2n) is 4.03. The number of sulfonamides is 1. The molecule has 0 aliphatic heterocycles. The van der Waals surface area contributed by atoms with Gasteiger partial charge in [0.1, 0.15) is 5.82 Å². The van der Waals surface area contributed by atoms with E-state index in [1.54, 1.807) is 0 Å². The number of hydrogen-bond donors (Lipinski definition) is 2. The number of carbonyl (C=O) groups is 1. The van der Waals surface area contributed by atoms with Crippen molar-refractivity contribution < 1.29 is 22.7 Å². The number of hydrogen-bond acceptors (Lipinski definition) is 4. The van der Waals surface area contributed by atoms with Crippen molar-refractivity contribution in [2.75, 3.05) is 4.72 Å². The van der Waals surface area contributed by atoms with Gasteiger partial charge in [0.2, 0.25) is 0 Å². The van der Waals surface area contributed by atoms with Crippen LogP contribution in [0.15, 0.2) is 29.4 Å². The lowest BCUT2D eigenvalue weighted by Crippen LogP contribution is -2.18. The van der Waals surface area contributed by atoms with Crippen LogP contribution in [0.25, 0.3) is 0 Å². The highest BCUT2D eigenvalue weighted by molar-refractivity contribution is 7.92. The summed E-state index contributed by atoms with van der Waals surface area (Å²) in [6.45, 7) is 0. The van der Waals surface area contributed by atoms with E-state index >= 15 is 0 Å². The van der Waals surface area contributed by atoms with Crippen LogP contribution in [-0.4, -0.2) is 29.3 Å². The number of halogens is 2. The van der Waals surface area contributed by atoms with E-state index in [0.717, 1.165) is 23.0 Å². The Hall–Kier alpha value is -2.13. The number of aryl methyl sites for hydroxylation is 1. The third-order valence-electron chi connectivity index (χ3n) is 2.56. The van der Waals surface area contributed by atoms with Crippen LogP contribution in [-0.2, 0) is 17.1 Å². The number of anilines is 1. The predicted octanol–water partition coefficient (Wildman–Crippen LogP) is 1.71. The van der Waals surface area contributed by atoms with Crippen LogP contribution in [0.4, 0.5) is 10.1 Å². The van der Waals surface area contributed by atoms with Gasteiger partial charge >= 0.3 is 5.97 Å². The predicted molar refractivity (Wildman–Crippen MR) is 72.4 cm³/mol. The molecule has 0 amide bonds. The first-order valence-electron chi connectivity index (χ1n) is 5.45. The van der Waals surface area contributed by atoms with Gasteiger partial charge in [0.25, 0.3) is 10.0 Å². The number of carboxylic acid groups (broad SMARTS) is 1. The molecule has 10 heteroatoms. The summed E-state index contributed by atoms with van der Waals surface area (Å²) in [6.07, 6.45) is 1.14. The van der Waals surface area contributed by atoms with Crippen LogP contribution in [0, 0.1) is 5.82 Å². The summed E-state index contributed by atoms with van der Waals surface area (Å²) in [5, 5.41) is 12.0. The molecule has 1 aromatic heterocycles. The summed E-state index contributed by atoms with van der Waals surface area (Å²) in [5.41, 5.74) is -0.689. The van der Waals surface area contributed by atoms with E-state index in [1.807, 2.05) is 4.72 Å². The Bertz CT molecular complexity index is 799. The highest BCUT2D eigenvalue weighted by Gasteiger charge is 2.24. The first kappa shape index (κ1) is 15.3. The van der Waals surface area contributed by atoms with Crippen molar-refractivity contribution in [2.45, 2.75) is 5.03 Å². The van der Waals surface area contributed by atoms with E-state index in [2.05, 4.69) is 5.10 Å². The van der Waals surface area contributed by atoms with E-state index in [1.165, 1.54) is 7.05 Å². The van der Waals surface area contributed by atoms with Crippen molar-refractivity contribution >= 4 is 33.3 Å². The molecule has 0 saturated carbocycles. The van der Waals surface area contributed by atoms with Crippen LogP contribution < -0.4 is 4.72 Å². The van der Waals surface area contributed by atoms with Gasteiger partial charge < -0.3 is 5.11 Å². The number of rotatable bonds is 4. The molecular formula is C11H9ClFN3O4S. The van der Waals surface area contributed by atoms with Gasteiger partial charge in [0, 0.05) is 7.05 Å². The average molecular weight is 334 g/mol. The zero-order valence-corrected chi connectivity index (χ0v) is 12.1. The Morgan fingerprint density at radius 3 is 2.62 bits per heavy atom. The molecule has 21 heavy (non-hydrogen) atoms. The summed E-state index contributed by atoms with van der Waals surface area (Å²) in [6, 6.07) is 2.81. The van der Waals surface area contributed by atoms with Gasteiger partial charge in [-0.3, -0.25) is 9.40 Å². The van der Waals surface area contributed by atoms with Crippen LogP contribution in [0.2, 0.25) is 5.02 Å². The number of nitrogens with zero attached hydrogens (tertiary/aromatic N) is 2. The molecule has 0 aliphatic rings. The zero-order valence-electron chi connectivity index (χ0n) is 10.5. The third kappa shape index (κ3) is 2.98. The molecule has 2 rings (SSSR count). The van der Waals surface area contributed by atoms with Gasteiger partial charge in [-0.15, -0.1) is 0 Å². The molecule has 1 aromatic carbocycles. The number of aromatic nitrogens is 2. The Morgan fingerprint density at radius 1 is 1.48 bits per heavy atom. The second-order valence-corrected chi connectivity index (χ2v) is 6.03. The molecule has 0 fully saturated rings. The monoisotopic (exact) mass is 333 g/mol. The van der Waals surface area contributed by atoms with Gasteiger partial charge in [0.15, 0.2) is 5.03 Å². The maximum atomic E-state index is 13.7. The summed E-state index contributed by atoms with van der Waals surface area (Å²) in [5.74, 6) is -2.34. The summed E-state index contributed by atoms with van der Waals surface area (Å²) in [4.78, 5) is 10.7. The van der Waals surface area contributed by atoms with E-state index in [9.17, 15) is 17.6 Å². The highest BCUT2D eigenvalue weighted by Crippen LogP contribution is 2.24. The van der Waals surface area contributed by atoms with Crippen LogP contribution in [0.1, 0.15) is 10.4 Å². The smallest absolute Gasteiger partial charge is 0.335 e. The van der Waals surface area contributed by atoms with E-state index in [4.69, 9.17) is 16.7 Å². The molecule has 112 valence electrons. The first-order chi connectivity index (χ1) is 9.72. The molecule has 2 aromatic rings. The Labute approximate surface area is 124 Å². The molecule has 7 nitrogen and oxygen atoms in total. The van der Waals surface area contributed by atoms with Gasteiger partial charge in [0.05, 0.1) is 22.5 Å². The number of benzene rings is 1. The van der Waals surface area contributed by atoms with Crippen LogP contribution in [0.3, 0.4) is 0 Å². The minimum atomic E-state index is -4.16. The van der Waals surface area contributed by atoms with Crippen molar-refractivity contribution in [2.24, 2.45) is 7.05 Å². The minimum Gasteiger partial charge on any atom is -0.478 e. The largest absolute Gasteiger partial charge is 0.478 e. The van der Waals surface area contributed by atoms with E-state index in [0.29, 0.717) is 6.07 Å². The SMILES string of the molecule is Cn1ncc(Cl)c1S(=O)(=O)Nc1ccc(C(=O)O)cc1F. The van der Waals surface area contributed by atoms with E-state index < -0.39 is 27.5 Å². The average Bonchev–Trinajstić information content (AvgIpc) is 2.71. The second kappa shape index (κ2) is 5.34. The first-order valence-corrected chi connectivity index (χ1v) is 7.31. The number of carboxylic acids is 1. The highest BCUT2D eigenvalue weighted by atomic mass is 35.5. The Morgan fingerprint density at radius 2 is 2.14 bits per heavy atom. The molecule has 0 radical (unpaired) electrons. The number of nitrogens with one attached hydrogen (secondary N) is 1. The lowest BCUT2D eigenvalue weighted by Gasteiger charge is -2.10. The van der Waals surface area contributed by atoms with Gasteiger partial charge in [-0.25, -0.2) is 9.18 Å². The van der Waals surface area contributed by atoms with Gasteiger partial charge in [-0.1, -0.05) is 11.6 Å². The normalized spacial score (nSPS) is 11.4. The Kier molecular flexibility index (Phi) is 3.88. The van der Waals surface area contributed by atoms with Crippen LogP contribution >= 0.6 is 11.6 Å². The molecule has 2 N–H and O–H groups in total. The molecular weight excluding hydrogens is 325 g/mol. The molecule has 1 heterocycles. The summed E-state index contributed by atoms with van der Waals surface area (Å²) in [7, 11) is -2.79. The molecule has 0 unspecified atom stereocenters. The maximum absolute atomic E-state index is 13.7. The van der Waals surface area contributed by atoms with Crippen molar-refractivity contribution in [1.82, 2.24) is 9.78 Å². The molecule has 0 atom stereocenters. The lowest BCUT2D eigenvalue weighted by atomic mass is 10.2. The Balaban J connectivity index is 2.40. The topological polar surface area (TPSA) is 101 Å². The zero-order chi connectivity index (χ0) is 15.8. The fourth-order valence-corrected chi connectivity index (χ4v) is 3.35. The molecule has 0 spiro atoms. The summed E-state index contributed by atoms with van der Waals surface area (Å²) >= 11 is 5.73. The fourth-order valence-electron chi connectivity index (χ4n) is 1.63.